The number of amides is 2. The van der Waals surface area contributed by atoms with E-state index in [1.807, 2.05) is 43.3 Å². The average molecular weight is 434 g/mol. The van der Waals surface area contributed by atoms with E-state index in [1.54, 1.807) is 35.8 Å². The monoisotopic (exact) mass is 434 g/mol. The van der Waals surface area contributed by atoms with Gasteiger partial charge in [-0.1, -0.05) is 54.1 Å². The van der Waals surface area contributed by atoms with E-state index in [9.17, 15) is 14.7 Å². The second-order valence-electron chi connectivity index (χ2n) is 7.41. The van der Waals surface area contributed by atoms with Crippen LogP contribution in [0, 0.1) is 6.92 Å². The Bertz CT molecular complexity index is 1110. The fourth-order valence-electron chi connectivity index (χ4n) is 3.43. The third kappa shape index (κ3) is 6.09. The first-order valence-electron chi connectivity index (χ1n) is 10.3. The number of nitrogens with one attached hydrogen (secondary N) is 2. The van der Waals surface area contributed by atoms with Gasteiger partial charge in [-0.2, -0.15) is 0 Å². The second kappa shape index (κ2) is 11.0. The minimum absolute atomic E-state index is 0.158. The molecule has 0 fully saturated rings. The summed E-state index contributed by atoms with van der Waals surface area (Å²) in [5.74, 6) is -0.440. The molecule has 7 nitrogen and oxygen atoms in total. The first-order chi connectivity index (χ1) is 15.5. The highest BCUT2D eigenvalue weighted by molar-refractivity contribution is 5.91. The van der Waals surface area contributed by atoms with Crippen LogP contribution in [0.2, 0.25) is 0 Å². The van der Waals surface area contributed by atoms with Crippen molar-refractivity contribution < 1.29 is 24.6 Å². The average Bonchev–Trinajstić information content (AvgIpc) is 2.80. The Kier molecular flexibility index (Phi) is 7.83. The summed E-state index contributed by atoms with van der Waals surface area (Å²) in [6.45, 7) is 1.96. The molecule has 0 aromatic heterocycles. The number of allylic oxidation sites excluding steroid dienone is 1. The number of rotatable bonds is 8. The zero-order valence-corrected chi connectivity index (χ0v) is 17.7. The van der Waals surface area contributed by atoms with Crippen LogP contribution in [-0.2, 0) is 9.53 Å². The van der Waals surface area contributed by atoms with Gasteiger partial charge in [0.2, 0.25) is 0 Å². The van der Waals surface area contributed by atoms with Crippen LogP contribution in [0.25, 0.3) is 10.8 Å². The van der Waals surface area contributed by atoms with Gasteiger partial charge in [0, 0.05) is 22.7 Å². The van der Waals surface area contributed by atoms with Crippen molar-refractivity contribution in [3.8, 4) is 5.75 Å². The fraction of sp³-hybridized carbons (Fsp3) is 0.200. The Hall–Kier alpha value is -3.84. The van der Waals surface area contributed by atoms with E-state index in [0.717, 1.165) is 16.5 Å². The minimum Gasteiger partial charge on any atom is -0.507 e. The number of anilines is 1. The first kappa shape index (κ1) is 22.8. The minimum atomic E-state index is -0.597. The van der Waals surface area contributed by atoms with Gasteiger partial charge in [-0.3, -0.25) is 15.3 Å². The molecule has 2 amide bonds. The molecule has 0 aliphatic rings. The van der Waals surface area contributed by atoms with E-state index in [4.69, 9.17) is 9.94 Å². The Labute approximate surface area is 186 Å². The van der Waals surface area contributed by atoms with Gasteiger partial charge < -0.3 is 9.84 Å². The molecule has 3 aromatic carbocycles. The Morgan fingerprint density at radius 3 is 2.47 bits per heavy atom. The van der Waals surface area contributed by atoms with Crippen LogP contribution >= 0.6 is 0 Å². The van der Waals surface area contributed by atoms with Crippen LogP contribution in [0.3, 0.4) is 0 Å². The lowest BCUT2D eigenvalue weighted by molar-refractivity contribution is -0.124. The number of benzene rings is 3. The van der Waals surface area contributed by atoms with Crippen LogP contribution < -0.4 is 10.8 Å². The fourth-order valence-corrected chi connectivity index (χ4v) is 3.43. The maximum Gasteiger partial charge on any atom is 0.412 e. The summed E-state index contributed by atoms with van der Waals surface area (Å²) in [5, 5.41) is 23.0. The normalized spacial score (nSPS) is 11.9. The molecule has 0 saturated carbocycles. The molecular weight excluding hydrogens is 408 g/mol. The second-order valence-corrected chi connectivity index (χ2v) is 7.41. The molecule has 0 radical (unpaired) electrons. The summed E-state index contributed by atoms with van der Waals surface area (Å²) in [6.07, 6.45) is 3.44. The van der Waals surface area contributed by atoms with Gasteiger partial charge in [0.1, 0.15) is 11.9 Å². The molecule has 0 aliphatic heterocycles. The van der Waals surface area contributed by atoms with Crippen molar-refractivity contribution in [3.05, 3.63) is 83.9 Å². The van der Waals surface area contributed by atoms with Crippen LogP contribution in [0.4, 0.5) is 10.5 Å². The molecule has 3 rings (SSSR count). The first-order valence-corrected chi connectivity index (χ1v) is 10.3. The third-order valence-electron chi connectivity index (χ3n) is 5.05. The highest BCUT2D eigenvalue weighted by Gasteiger charge is 2.20. The lowest BCUT2D eigenvalue weighted by atomic mass is 9.96. The van der Waals surface area contributed by atoms with Crippen molar-refractivity contribution in [2.45, 2.75) is 32.3 Å². The number of phenolic OH excluding ortho intramolecular Hbond substituents is 1. The van der Waals surface area contributed by atoms with Gasteiger partial charge in [-0.15, -0.1) is 0 Å². The van der Waals surface area contributed by atoms with Crippen molar-refractivity contribution in [1.29, 1.82) is 0 Å². The van der Waals surface area contributed by atoms with Crippen molar-refractivity contribution in [2.24, 2.45) is 0 Å². The van der Waals surface area contributed by atoms with Gasteiger partial charge in [-0.25, -0.2) is 10.3 Å². The van der Waals surface area contributed by atoms with Crippen LogP contribution in [0.1, 0.15) is 36.5 Å². The molecule has 4 N–H and O–H groups in total. The molecule has 0 spiro atoms. The molecule has 0 unspecified atom stereocenters. The summed E-state index contributed by atoms with van der Waals surface area (Å²) in [4.78, 5) is 23.7. The number of hydrogen-bond acceptors (Lipinski definition) is 5. The van der Waals surface area contributed by atoms with E-state index in [2.05, 4.69) is 5.32 Å². The van der Waals surface area contributed by atoms with Crippen LogP contribution in [0.5, 0.6) is 5.75 Å². The number of hydrogen-bond donors (Lipinski definition) is 4. The molecule has 7 heteroatoms. The summed E-state index contributed by atoms with van der Waals surface area (Å²) < 4.78 is 5.79. The molecule has 32 heavy (non-hydrogen) atoms. The predicted octanol–water partition coefficient (Wildman–Crippen LogP) is 5.38. The highest BCUT2D eigenvalue weighted by Crippen LogP contribution is 2.34. The van der Waals surface area contributed by atoms with E-state index in [0.29, 0.717) is 30.3 Å². The lowest BCUT2D eigenvalue weighted by Crippen LogP contribution is -2.18. The molecule has 3 aromatic rings. The molecular formula is C25H26N2O5. The number of carbonyl (C=O) groups excluding carboxylic acids is 2. The smallest absolute Gasteiger partial charge is 0.412 e. The lowest BCUT2D eigenvalue weighted by Gasteiger charge is -2.20. The zero-order chi connectivity index (χ0) is 22.9. The van der Waals surface area contributed by atoms with Gasteiger partial charge >= 0.3 is 6.09 Å². The van der Waals surface area contributed by atoms with E-state index in [1.165, 1.54) is 6.08 Å². The molecule has 0 heterocycles. The predicted molar refractivity (Wildman–Crippen MR) is 123 cm³/mol. The number of ether oxygens (including phenoxy) is 1. The van der Waals surface area contributed by atoms with Crippen molar-refractivity contribution >= 4 is 28.5 Å². The number of unbranched alkanes of at least 4 members (excludes halogenated alkanes) is 1. The Morgan fingerprint density at radius 2 is 1.75 bits per heavy atom. The summed E-state index contributed by atoms with van der Waals surface area (Å²) in [6, 6.07) is 18.2. The highest BCUT2D eigenvalue weighted by atomic mass is 16.6. The topological polar surface area (TPSA) is 108 Å². The zero-order valence-electron chi connectivity index (χ0n) is 17.7. The van der Waals surface area contributed by atoms with Crippen LogP contribution in [0.15, 0.2) is 72.8 Å². The van der Waals surface area contributed by atoms with Gasteiger partial charge in [0.05, 0.1) is 0 Å². The molecule has 0 saturated heterocycles. The molecule has 1 atom stereocenters. The molecule has 0 bridgehead atoms. The van der Waals surface area contributed by atoms with Crippen molar-refractivity contribution in [3.63, 3.8) is 0 Å². The summed E-state index contributed by atoms with van der Waals surface area (Å²) >= 11 is 0. The maximum atomic E-state index is 12.6. The van der Waals surface area contributed by atoms with Gasteiger partial charge in [0.25, 0.3) is 5.91 Å². The van der Waals surface area contributed by atoms with Crippen molar-refractivity contribution in [2.75, 3.05) is 5.32 Å². The number of aryl methyl sites for hydroxylation is 1. The van der Waals surface area contributed by atoms with Gasteiger partial charge in [0.15, 0.2) is 0 Å². The largest absolute Gasteiger partial charge is 0.507 e. The SMILES string of the molecule is Cc1ccc(NC(=O)O[C@@H](CCC/C=C/C(=O)NO)c2ccc(O)c3ccccc23)cc1. The number of hydroxylamine groups is 1. The third-order valence-corrected chi connectivity index (χ3v) is 5.05. The van der Waals surface area contributed by atoms with Crippen molar-refractivity contribution in [1.82, 2.24) is 5.48 Å². The Morgan fingerprint density at radius 1 is 1.03 bits per heavy atom. The molecule has 0 aliphatic carbocycles. The van der Waals surface area contributed by atoms with E-state index >= 15 is 0 Å². The quantitative estimate of drug-likeness (QED) is 0.165. The standard InChI is InChI=1S/C25H26N2O5/c1-17-11-13-18(14-12-17)26-25(30)32-23(9-3-2-4-10-24(29)27-31)21-15-16-22(28)20-8-6-5-7-19(20)21/h4-8,10-16,23,28,31H,2-3,9H2,1H3,(H,26,30)(H,27,29)/b10-4+/t23-/m0/s1. The number of phenols is 1. The number of fused-ring (bicyclic) bond motifs is 1. The Balaban J connectivity index is 1.79. The maximum absolute atomic E-state index is 12.6. The summed E-state index contributed by atoms with van der Waals surface area (Å²) in [7, 11) is 0. The van der Waals surface area contributed by atoms with E-state index in [-0.39, 0.29) is 5.75 Å². The number of aromatic hydroxyl groups is 1. The molecule has 166 valence electrons. The van der Waals surface area contributed by atoms with Crippen LogP contribution in [-0.4, -0.2) is 22.3 Å². The van der Waals surface area contributed by atoms with E-state index < -0.39 is 18.1 Å². The summed E-state index contributed by atoms with van der Waals surface area (Å²) in [5.41, 5.74) is 4.04. The van der Waals surface area contributed by atoms with Gasteiger partial charge in [-0.05, 0) is 49.8 Å². The number of carbonyl (C=O) groups is 2.